The van der Waals surface area contributed by atoms with E-state index in [4.69, 9.17) is 5.11 Å². The van der Waals surface area contributed by atoms with Crippen molar-refractivity contribution in [3.8, 4) is 0 Å². The average molecular weight is 144 g/mol. The lowest BCUT2D eigenvalue weighted by Crippen LogP contribution is -2.30. The Morgan fingerprint density at radius 1 is 1.50 bits per heavy atom. The molecule has 0 amide bonds. The third-order valence-corrected chi connectivity index (χ3v) is 1.96. The minimum Gasteiger partial charge on any atom is -0.396 e. The molecule has 0 spiro atoms. The number of aliphatic hydroxyl groups excluding tert-OH is 1. The highest BCUT2D eigenvalue weighted by Crippen LogP contribution is 2.15. The molecule has 0 aromatic heterocycles. The third-order valence-electron chi connectivity index (χ3n) is 1.96. The molecule has 0 saturated carbocycles. The smallest absolute Gasteiger partial charge is 0.0523 e. The molecule has 0 radical (unpaired) electrons. The molecule has 0 bridgehead atoms. The van der Waals surface area contributed by atoms with Gasteiger partial charge in [-0.05, 0) is 18.8 Å². The quantitative estimate of drug-likeness (QED) is 0.570. The molecule has 0 unspecified atom stereocenters. The first-order valence-electron chi connectivity index (χ1n) is 3.56. The van der Waals surface area contributed by atoms with Crippen LogP contribution in [0.25, 0.3) is 0 Å². The fraction of sp³-hybridized carbons (Fsp3) is 1.00. The van der Waals surface area contributed by atoms with Gasteiger partial charge in [0.1, 0.15) is 0 Å². The third kappa shape index (κ3) is 1.67. The van der Waals surface area contributed by atoms with Crippen LogP contribution >= 0.6 is 0 Å². The highest BCUT2D eigenvalue weighted by atomic mass is 16.3. The monoisotopic (exact) mass is 144 g/mol. The lowest BCUT2D eigenvalue weighted by atomic mass is 9.99. The summed E-state index contributed by atoms with van der Waals surface area (Å²) in [6.07, 6.45) is 1.78. The minimum atomic E-state index is 0.243. The normalized spacial score (nSPS) is 21.1. The predicted octanol–water partition coefficient (Wildman–Crippen LogP) is 0.372. The summed E-state index contributed by atoms with van der Waals surface area (Å²) >= 11 is 0. The van der Waals surface area contributed by atoms with Crippen molar-refractivity contribution < 1.29 is 5.11 Å². The van der Waals surface area contributed by atoms with Crippen LogP contribution in [0.4, 0.5) is 0 Å². The van der Waals surface area contributed by atoms with Crippen LogP contribution in [0.3, 0.4) is 0 Å². The van der Waals surface area contributed by atoms with E-state index in [9.17, 15) is 4.91 Å². The molecular formula is C6H12N2O2. The Morgan fingerprint density at radius 3 is 2.50 bits per heavy atom. The van der Waals surface area contributed by atoms with E-state index in [1.54, 1.807) is 0 Å². The Morgan fingerprint density at radius 2 is 2.10 bits per heavy atom. The number of hydrogen-bond donors (Lipinski definition) is 1. The second-order valence-electron chi connectivity index (χ2n) is 2.66. The van der Waals surface area contributed by atoms with E-state index >= 15 is 0 Å². The Kier molecular flexibility index (Phi) is 2.62. The van der Waals surface area contributed by atoms with Crippen molar-refractivity contribution in [2.45, 2.75) is 12.8 Å². The summed E-state index contributed by atoms with van der Waals surface area (Å²) in [7, 11) is 0. The van der Waals surface area contributed by atoms with Gasteiger partial charge in [-0.25, -0.2) is 0 Å². The van der Waals surface area contributed by atoms with Crippen LogP contribution in [0.15, 0.2) is 5.29 Å². The fourth-order valence-corrected chi connectivity index (χ4v) is 1.18. The average Bonchev–Trinajstić information content (AvgIpc) is 2.05. The van der Waals surface area contributed by atoms with Gasteiger partial charge in [-0.2, -0.15) is 0 Å². The topological polar surface area (TPSA) is 52.9 Å². The summed E-state index contributed by atoms with van der Waals surface area (Å²) < 4.78 is 0. The molecule has 1 heterocycles. The van der Waals surface area contributed by atoms with Gasteiger partial charge in [-0.3, -0.25) is 5.01 Å². The van der Waals surface area contributed by atoms with Crippen molar-refractivity contribution in [1.29, 1.82) is 0 Å². The largest absolute Gasteiger partial charge is 0.396 e. The molecule has 1 saturated heterocycles. The lowest BCUT2D eigenvalue weighted by molar-refractivity contribution is 0.133. The van der Waals surface area contributed by atoms with Gasteiger partial charge >= 0.3 is 0 Å². The van der Waals surface area contributed by atoms with E-state index < -0.39 is 0 Å². The van der Waals surface area contributed by atoms with E-state index in [1.165, 1.54) is 5.01 Å². The van der Waals surface area contributed by atoms with Crippen LogP contribution in [0.2, 0.25) is 0 Å². The highest BCUT2D eigenvalue weighted by Gasteiger charge is 2.17. The maximum absolute atomic E-state index is 9.97. The second kappa shape index (κ2) is 3.51. The zero-order valence-electron chi connectivity index (χ0n) is 5.86. The van der Waals surface area contributed by atoms with E-state index in [-0.39, 0.29) is 6.61 Å². The molecule has 1 aliphatic heterocycles. The molecule has 1 aliphatic rings. The van der Waals surface area contributed by atoms with E-state index in [1.807, 2.05) is 0 Å². The molecule has 0 aromatic carbocycles. The van der Waals surface area contributed by atoms with E-state index in [2.05, 4.69) is 5.29 Å². The lowest BCUT2D eigenvalue weighted by Gasteiger charge is -2.25. The van der Waals surface area contributed by atoms with Gasteiger partial charge in [-0.15, -0.1) is 4.91 Å². The van der Waals surface area contributed by atoms with Gasteiger partial charge in [-0.1, -0.05) is 0 Å². The Labute approximate surface area is 59.8 Å². The summed E-state index contributed by atoms with van der Waals surface area (Å²) in [5.41, 5.74) is 0. The van der Waals surface area contributed by atoms with Gasteiger partial charge in [0.15, 0.2) is 0 Å². The van der Waals surface area contributed by atoms with Crippen molar-refractivity contribution in [1.82, 2.24) is 5.01 Å². The molecule has 0 aliphatic carbocycles. The standard InChI is InChI=1S/C6H12N2O2/c9-5-6-1-3-8(7-10)4-2-6/h6,9H,1-5H2. The van der Waals surface area contributed by atoms with Crippen LogP contribution < -0.4 is 0 Å². The first-order valence-corrected chi connectivity index (χ1v) is 3.56. The van der Waals surface area contributed by atoms with Crippen molar-refractivity contribution in [3.63, 3.8) is 0 Å². The van der Waals surface area contributed by atoms with Crippen LogP contribution in [0.5, 0.6) is 0 Å². The number of nitrogens with zero attached hydrogens (tertiary/aromatic N) is 2. The summed E-state index contributed by atoms with van der Waals surface area (Å²) in [6, 6.07) is 0. The van der Waals surface area contributed by atoms with E-state index in [0.29, 0.717) is 19.0 Å². The highest BCUT2D eigenvalue weighted by molar-refractivity contribution is 4.68. The first-order chi connectivity index (χ1) is 4.86. The van der Waals surface area contributed by atoms with Crippen LogP contribution in [0, 0.1) is 10.8 Å². The Balaban J connectivity index is 2.23. The van der Waals surface area contributed by atoms with Crippen LogP contribution in [-0.2, 0) is 0 Å². The number of nitroso groups, excluding NO2 is 1. The molecule has 1 rings (SSSR count). The summed E-state index contributed by atoms with van der Waals surface area (Å²) in [5.74, 6) is 0.387. The number of rotatable bonds is 2. The van der Waals surface area contributed by atoms with Crippen LogP contribution in [0.1, 0.15) is 12.8 Å². The fourth-order valence-electron chi connectivity index (χ4n) is 1.18. The van der Waals surface area contributed by atoms with Gasteiger partial charge in [0, 0.05) is 19.7 Å². The zero-order valence-corrected chi connectivity index (χ0v) is 5.86. The number of hydrogen-bond acceptors (Lipinski definition) is 3. The predicted molar refractivity (Wildman–Crippen MR) is 37.2 cm³/mol. The zero-order chi connectivity index (χ0) is 7.40. The Bertz CT molecular complexity index is 110. The maximum atomic E-state index is 9.97. The number of piperidine rings is 1. The molecule has 4 heteroatoms. The molecule has 4 nitrogen and oxygen atoms in total. The van der Waals surface area contributed by atoms with E-state index in [0.717, 1.165) is 12.8 Å². The van der Waals surface area contributed by atoms with Crippen molar-refractivity contribution >= 4 is 0 Å². The molecular weight excluding hydrogens is 132 g/mol. The number of aliphatic hydroxyl groups is 1. The molecule has 1 fully saturated rings. The van der Waals surface area contributed by atoms with Gasteiger partial charge < -0.3 is 5.11 Å². The summed E-state index contributed by atoms with van der Waals surface area (Å²) in [4.78, 5) is 9.97. The maximum Gasteiger partial charge on any atom is 0.0523 e. The minimum absolute atomic E-state index is 0.243. The van der Waals surface area contributed by atoms with Gasteiger partial charge in [0.25, 0.3) is 0 Å². The summed E-state index contributed by atoms with van der Waals surface area (Å²) in [6.45, 7) is 1.65. The first kappa shape index (κ1) is 7.47. The second-order valence-corrected chi connectivity index (χ2v) is 2.66. The van der Waals surface area contributed by atoms with Crippen molar-refractivity contribution in [3.05, 3.63) is 4.91 Å². The SMILES string of the molecule is O=NN1CCC(CO)CC1. The molecule has 0 aromatic rings. The Hall–Kier alpha value is -0.640. The molecule has 58 valence electrons. The molecule has 10 heavy (non-hydrogen) atoms. The van der Waals surface area contributed by atoms with Crippen LogP contribution in [-0.4, -0.2) is 29.8 Å². The summed E-state index contributed by atoms with van der Waals surface area (Å²) in [5, 5.41) is 13.0. The van der Waals surface area contributed by atoms with Crippen molar-refractivity contribution in [2.24, 2.45) is 11.2 Å². The van der Waals surface area contributed by atoms with Gasteiger partial charge in [0.2, 0.25) is 0 Å². The van der Waals surface area contributed by atoms with Gasteiger partial charge in [0.05, 0.1) is 5.29 Å². The molecule has 0 atom stereocenters. The van der Waals surface area contributed by atoms with Crippen molar-refractivity contribution in [2.75, 3.05) is 19.7 Å². The molecule has 1 N–H and O–H groups in total.